The molecule has 2 aromatic heterocycles. The van der Waals surface area contributed by atoms with Gasteiger partial charge in [-0.2, -0.15) is 8.78 Å². The van der Waals surface area contributed by atoms with Gasteiger partial charge in [0, 0.05) is 29.2 Å². The van der Waals surface area contributed by atoms with Gasteiger partial charge in [0.1, 0.15) is 5.82 Å². The lowest BCUT2D eigenvalue weighted by molar-refractivity contribution is 0.0668. The maximum atomic E-state index is 12.7. The molecule has 0 fully saturated rings. The highest BCUT2D eigenvalue weighted by molar-refractivity contribution is 14.0. The fourth-order valence-corrected chi connectivity index (χ4v) is 2.82. The molecule has 2 heterocycles. The van der Waals surface area contributed by atoms with Gasteiger partial charge in [-0.3, -0.25) is 9.56 Å². The largest absolute Gasteiger partial charge is 0.352 e. The lowest BCUT2D eigenvalue weighted by Gasteiger charge is -2.12. The van der Waals surface area contributed by atoms with Crippen LogP contribution in [0.15, 0.2) is 29.5 Å². The molecule has 0 bridgehead atoms. The Labute approximate surface area is 155 Å². The van der Waals surface area contributed by atoms with Crippen LogP contribution in [0.1, 0.15) is 29.1 Å². The standard InChI is InChI=1S/C14H19F2N5S.HI/c1-3-10-4-5-11(22-10)8-19-14(17-2)20-9-12-18-6-7-21(12)13(15)16;/h4-7,13H,3,8-9H2,1-2H3,(H2,17,19,20);1H. The van der Waals surface area contributed by atoms with Crippen molar-refractivity contribution < 1.29 is 8.78 Å². The summed E-state index contributed by atoms with van der Waals surface area (Å²) in [6, 6.07) is 4.19. The molecular formula is C14H20F2IN5S. The van der Waals surface area contributed by atoms with E-state index in [9.17, 15) is 8.78 Å². The molecule has 128 valence electrons. The highest BCUT2D eigenvalue weighted by Gasteiger charge is 2.11. The minimum atomic E-state index is -2.59. The van der Waals surface area contributed by atoms with Crippen molar-refractivity contribution >= 4 is 41.3 Å². The number of hydrogen-bond acceptors (Lipinski definition) is 3. The van der Waals surface area contributed by atoms with Crippen LogP contribution in [0.25, 0.3) is 0 Å². The molecule has 0 aliphatic heterocycles. The van der Waals surface area contributed by atoms with E-state index in [0.717, 1.165) is 11.0 Å². The predicted octanol–water partition coefficient (Wildman–Crippen LogP) is 3.39. The summed E-state index contributed by atoms with van der Waals surface area (Å²) < 4.78 is 26.3. The quantitative estimate of drug-likeness (QED) is 0.399. The zero-order valence-corrected chi connectivity index (χ0v) is 16.1. The average molecular weight is 455 g/mol. The Hall–Kier alpha value is -1.23. The number of aryl methyl sites for hydroxylation is 1. The molecule has 0 aliphatic carbocycles. The lowest BCUT2D eigenvalue weighted by atomic mass is 10.4. The van der Waals surface area contributed by atoms with Crippen LogP contribution in [0.5, 0.6) is 0 Å². The summed E-state index contributed by atoms with van der Waals surface area (Å²) in [4.78, 5) is 10.5. The second-order valence-corrected chi connectivity index (χ2v) is 5.78. The van der Waals surface area contributed by atoms with Gasteiger partial charge in [-0.15, -0.1) is 35.3 Å². The van der Waals surface area contributed by atoms with Gasteiger partial charge in [-0.25, -0.2) is 4.98 Å². The molecule has 0 atom stereocenters. The first kappa shape index (κ1) is 19.8. The van der Waals surface area contributed by atoms with E-state index < -0.39 is 6.55 Å². The van der Waals surface area contributed by atoms with E-state index in [-0.39, 0.29) is 36.3 Å². The van der Waals surface area contributed by atoms with E-state index in [2.05, 4.69) is 39.7 Å². The number of thiophene rings is 1. The summed E-state index contributed by atoms with van der Waals surface area (Å²) in [5.74, 6) is 0.817. The Morgan fingerprint density at radius 3 is 2.61 bits per heavy atom. The van der Waals surface area contributed by atoms with Crippen molar-refractivity contribution in [1.29, 1.82) is 0 Å². The summed E-state index contributed by atoms with van der Waals surface area (Å²) in [5, 5.41) is 6.14. The molecule has 23 heavy (non-hydrogen) atoms. The van der Waals surface area contributed by atoms with Crippen LogP contribution < -0.4 is 10.6 Å². The number of guanidine groups is 1. The van der Waals surface area contributed by atoms with Gasteiger partial charge in [0.25, 0.3) is 0 Å². The number of alkyl halides is 2. The second-order valence-electron chi connectivity index (χ2n) is 4.53. The number of aliphatic imine (C=N–C) groups is 1. The van der Waals surface area contributed by atoms with Crippen molar-refractivity contribution in [3.05, 3.63) is 40.1 Å². The molecule has 0 amide bonds. The van der Waals surface area contributed by atoms with Crippen molar-refractivity contribution in [2.24, 2.45) is 4.99 Å². The molecular weight excluding hydrogens is 435 g/mol. The number of rotatable bonds is 6. The smallest absolute Gasteiger partial charge is 0.319 e. The number of halogens is 3. The molecule has 2 rings (SSSR count). The molecule has 0 unspecified atom stereocenters. The molecule has 0 aliphatic rings. The SMILES string of the molecule is CCc1ccc(CNC(=NC)NCc2nccn2C(F)F)s1.I. The number of imidazole rings is 1. The van der Waals surface area contributed by atoms with E-state index in [4.69, 9.17) is 0 Å². The van der Waals surface area contributed by atoms with Crippen LogP contribution >= 0.6 is 35.3 Å². The van der Waals surface area contributed by atoms with Crippen LogP contribution in [0.2, 0.25) is 0 Å². The Balaban J connectivity index is 0.00000264. The fourth-order valence-electron chi connectivity index (χ4n) is 1.92. The third-order valence-electron chi connectivity index (χ3n) is 3.09. The molecule has 0 spiro atoms. The first-order valence-electron chi connectivity index (χ1n) is 6.96. The summed E-state index contributed by atoms with van der Waals surface area (Å²) in [6.07, 6.45) is 3.64. The van der Waals surface area contributed by atoms with E-state index in [0.29, 0.717) is 12.5 Å². The molecule has 2 N–H and O–H groups in total. The Bertz CT molecular complexity index is 626. The van der Waals surface area contributed by atoms with Gasteiger partial charge in [-0.05, 0) is 18.6 Å². The van der Waals surface area contributed by atoms with Crippen LogP contribution in [0.3, 0.4) is 0 Å². The third kappa shape index (κ3) is 5.72. The Morgan fingerprint density at radius 1 is 1.30 bits per heavy atom. The van der Waals surface area contributed by atoms with Gasteiger partial charge in [0.2, 0.25) is 0 Å². The number of nitrogens with one attached hydrogen (secondary N) is 2. The molecule has 0 saturated heterocycles. The second kappa shape index (κ2) is 9.81. The number of nitrogens with zero attached hydrogens (tertiary/aromatic N) is 3. The Kier molecular flexibility index (Phi) is 8.45. The van der Waals surface area contributed by atoms with Crippen LogP contribution in [-0.2, 0) is 19.5 Å². The van der Waals surface area contributed by atoms with E-state index in [1.54, 1.807) is 18.4 Å². The van der Waals surface area contributed by atoms with E-state index >= 15 is 0 Å². The average Bonchev–Trinajstić information content (AvgIpc) is 3.16. The van der Waals surface area contributed by atoms with Crippen molar-refractivity contribution in [2.75, 3.05) is 7.05 Å². The van der Waals surface area contributed by atoms with Gasteiger partial charge in [0.05, 0.1) is 13.1 Å². The predicted molar refractivity (Wildman–Crippen MR) is 99.6 cm³/mol. The molecule has 5 nitrogen and oxygen atoms in total. The van der Waals surface area contributed by atoms with Gasteiger partial charge in [-0.1, -0.05) is 6.92 Å². The maximum Gasteiger partial charge on any atom is 0.319 e. The molecule has 0 saturated carbocycles. The lowest BCUT2D eigenvalue weighted by Crippen LogP contribution is -2.36. The first-order chi connectivity index (χ1) is 10.6. The number of hydrogen-bond donors (Lipinski definition) is 2. The highest BCUT2D eigenvalue weighted by Crippen LogP contribution is 2.16. The van der Waals surface area contributed by atoms with Crippen LogP contribution in [0.4, 0.5) is 8.78 Å². The van der Waals surface area contributed by atoms with Gasteiger partial charge in [0.15, 0.2) is 5.96 Å². The summed E-state index contributed by atoms with van der Waals surface area (Å²) in [7, 11) is 1.64. The molecule has 0 aromatic carbocycles. The summed E-state index contributed by atoms with van der Waals surface area (Å²) in [6.45, 7) is 0.358. The third-order valence-corrected chi connectivity index (χ3v) is 4.32. The van der Waals surface area contributed by atoms with Crippen molar-refractivity contribution in [3.63, 3.8) is 0 Å². The van der Waals surface area contributed by atoms with Crippen molar-refractivity contribution in [1.82, 2.24) is 20.2 Å². The van der Waals surface area contributed by atoms with Gasteiger partial charge < -0.3 is 10.6 Å². The minimum absolute atomic E-state index is 0. The summed E-state index contributed by atoms with van der Waals surface area (Å²) in [5.41, 5.74) is 0. The summed E-state index contributed by atoms with van der Waals surface area (Å²) >= 11 is 1.75. The van der Waals surface area contributed by atoms with Gasteiger partial charge >= 0.3 is 6.55 Å². The van der Waals surface area contributed by atoms with E-state index in [1.807, 2.05) is 0 Å². The monoisotopic (exact) mass is 455 g/mol. The van der Waals surface area contributed by atoms with E-state index in [1.165, 1.54) is 22.1 Å². The van der Waals surface area contributed by atoms with Crippen molar-refractivity contribution in [3.8, 4) is 0 Å². The van der Waals surface area contributed by atoms with Crippen LogP contribution in [0, 0.1) is 0 Å². The Morgan fingerprint density at radius 2 is 2.00 bits per heavy atom. The number of aromatic nitrogens is 2. The minimum Gasteiger partial charge on any atom is -0.352 e. The molecule has 0 radical (unpaired) electrons. The molecule has 2 aromatic rings. The maximum absolute atomic E-state index is 12.7. The van der Waals surface area contributed by atoms with Crippen molar-refractivity contribution in [2.45, 2.75) is 33.0 Å². The topological polar surface area (TPSA) is 54.2 Å². The molecule has 9 heteroatoms. The zero-order valence-electron chi connectivity index (χ0n) is 12.9. The van der Waals surface area contributed by atoms with Crippen LogP contribution in [-0.4, -0.2) is 22.6 Å². The normalized spacial score (nSPS) is 11.4. The fraction of sp³-hybridized carbons (Fsp3) is 0.429. The zero-order chi connectivity index (χ0) is 15.9. The highest BCUT2D eigenvalue weighted by atomic mass is 127. The first-order valence-corrected chi connectivity index (χ1v) is 7.77.